The Hall–Kier alpha value is -1.69. The van der Waals surface area contributed by atoms with Crippen molar-refractivity contribution in [1.29, 1.82) is 0 Å². The van der Waals surface area contributed by atoms with Gasteiger partial charge in [0.15, 0.2) is 11.6 Å². The van der Waals surface area contributed by atoms with E-state index in [9.17, 15) is 18.7 Å². The summed E-state index contributed by atoms with van der Waals surface area (Å²) in [5.74, 6) is -1.97. The number of halogens is 2. The normalized spacial score (nSPS) is 25.5. The van der Waals surface area contributed by atoms with E-state index in [1.54, 1.807) is 0 Å². The summed E-state index contributed by atoms with van der Waals surface area (Å²) in [6.07, 6.45) is 2.58. The van der Waals surface area contributed by atoms with E-state index in [2.05, 4.69) is 10.6 Å². The molecule has 0 spiro atoms. The fourth-order valence-corrected chi connectivity index (χ4v) is 2.57. The first-order valence-electron chi connectivity index (χ1n) is 6.58. The number of benzene rings is 1. The Kier molecular flexibility index (Phi) is 4.23. The van der Waals surface area contributed by atoms with E-state index >= 15 is 0 Å². The van der Waals surface area contributed by atoms with Crippen LogP contribution < -0.4 is 10.6 Å². The molecule has 2 unspecified atom stereocenters. The highest BCUT2D eigenvalue weighted by molar-refractivity contribution is 5.89. The molecule has 0 bridgehead atoms. The molecule has 0 radical (unpaired) electrons. The van der Waals surface area contributed by atoms with Crippen molar-refractivity contribution in [3.63, 3.8) is 0 Å². The third-order valence-electron chi connectivity index (χ3n) is 3.93. The van der Waals surface area contributed by atoms with Crippen molar-refractivity contribution in [2.24, 2.45) is 5.41 Å². The number of carbonyl (C=O) groups is 1. The second-order valence-electron chi connectivity index (χ2n) is 5.48. The van der Waals surface area contributed by atoms with Gasteiger partial charge < -0.3 is 15.7 Å². The van der Waals surface area contributed by atoms with E-state index in [0.29, 0.717) is 0 Å². The number of rotatable bonds is 3. The van der Waals surface area contributed by atoms with Crippen LogP contribution >= 0.6 is 0 Å². The molecule has 4 nitrogen and oxygen atoms in total. The number of anilines is 1. The number of nitrogens with one attached hydrogen (secondary N) is 2. The number of hydrogen-bond donors (Lipinski definition) is 3. The van der Waals surface area contributed by atoms with E-state index in [1.165, 1.54) is 6.07 Å². The highest BCUT2D eigenvalue weighted by atomic mass is 19.2. The second kappa shape index (κ2) is 5.75. The summed E-state index contributed by atoms with van der Waals surface area (Å²) in [6.45, 7) is 1.92. The van der Waals surface area contributed by atoms with E-state index in [4.69, 9.17) is 0 Å². The molecule has 20 heavy (non-hydrogen) atoms. The van der Waals surface area contributed by atoms with Gasteiger partial charge in [0.25, 0.3) is 0 Å². The molecule has 2 atom stereocenters. The first kappa shape index (κ1) is 14.7. The van der Waals surface area contributed by atoms with Gasteiger partial charge >= 0.3 is 6.03 Å². The molecule has 110 valence electrons. The van der Waals surface area contributed by atoms with Crippen molar-refractivity contribution >= 4 is 11.7 Å². The van der Waals surface area contributed by atoms with Gasteiger partial charge in [-0.25, -0.2) is 13.6 Å². The maximum absolute atomic E-state index is 13.0. The maximum Gasteiger partial charge on any atom is 0.319 e. The van der Waals surface area contributed by atoms with E-state index in [1.807, 2.05) is 6.92 Å². The summed E-state index contributed by atoms with van der Waals surface area (Å²) >= 11 is 0. The fraction of sp³-hybridized carbons (Fsp3) is 0.500. The van der Waals surface area contributed by atoms with Crippen LogP contribution in [-0.2, 0) is 0 Å². The third-order valence-corrected chi connectivity index (χ3v) is 3.93. The summed E-state index contributed by atoms with van der Waals surface area (Å²) in [5.41, 5.74) is -0.143. The molecule has 1 saturated carbocycles. The smallest absolute Gasteiger partial charge is 0.319 e. The topological polar surface area (TPSA) is 61.4 Å². The van der Waals surface area contributed by atoms with Crippen LogP contribution in [0.3, 0.4) is 0 Å². The molecule has 1 fully saturated rings. The van der Waals surface area contributed by atoms with E-state index < -0.39 is 17.7 Å². The number of aliphatic hydroxyl groups excluding tert-OH is 1. The van der Waals surface area contributed by atoms with Crippen LogP contribution in [0.1, 0.15) is 26.2 Å². The number of urea groups is 1. The molecule has 1 aromatic rings. The lowest BCUT2D eigenvalue weighted by Gasteiger charge is -2.30. The van der Waals surface area contributed by atoms with Gasteiger partial charge in [-0.05, 0) is 25.0 Å². The van der Waals surface area contributed by atoms with Crippen LogP contribution in [0, 0.1) is 17.0 Å². The largest absolute Gasteiger partial charge is 0.396 e. The van der Waals surface area contributed by atoms with Crippen LogP contribution in [0.2, 0.25) is 0 Å². The van der Waals surface area contributed by atoms with E-state index in [0.717, 1.165) is 31.4 Å². The summed E-state index contributed by atoms with van der Waals surface area (Å²) in [6, 6.07) is 2.56. The zero-order chi connectivity index (χ0) is 14.8. The minimum atomic E-state index is -1.01. The zero-order valence-corrected chi connectivity index (χ0v) is 11.2. The van der Waals surface area contributed by atoms with Crippen LogP contribution in [0.4, 0.5) is 19.3 Å². The molecule has 2 amide bonds. The standard InChI is InChI=1S/C14H18F2N2O2/c1-14(8-19)6-2-3-12(14)18-13(20)17-9-4-5-10(15)11(16)7-9/h4-5,7,12,19H,2-3,6,8H2,1H3,(H2,17,18,20). The Morgan fingerprint density at radius 3 is 2.85 bits per heavy atom. The van der Waals surface area contributed by atoms with Gasteiger partial charge in [-0.15, -0.1) is 0 Å². The number of aliphatic hydroxyl groups is 1. The second-order valence-corrected chi connectivity index (χ2v) is 5.48. The van der Waals surface area contributed by atoms with Gasteiger partial charge in [0.1, 0.15) is 0 Å². The highest BCUT2D eigenvalue weighted by Crippen LogP contribution is 2.37. The summed E-state index contributed by atoms with van der Waals surface area (Å²) in [4.78, 5) is 11.8. The minimum Gasteiger partial charge on any atom is -0.396 e. The molecule has 2 rings (SSSR count). The van der Waals surface area contributed by atoms with Gasteiger partial charge in [0.2, 0.25) is 0 Å². The summed E-state index contributed by atoms with van der Waals surface area (Å²) in [5, 5.41) is 14.6. The third kappa shape index (κ3) is 3.07. The average molecular weight is 284 g/mol. The van der Waals surface area contributed by atoms with Gasteiger partial charge in [-0.3, -0.25) is 0 Å². The van der Waals surface area contributed by atoms with Gasteiger partial charge in [-0.2, -0.15) is 0 Å². The molecule has 0 aromatic heterocycles. The molecular formula is C14H18F2N2O2. The highest BCUT2D eigenvalue weighted by Gasteiger charge is 2.39. The first-order valence-corrected chi connectivity index (χ1v) is 6.58. The zero-order valence-electron chi connectivity index (χ0n) is 11.2. The Morgan fingerprint density at radius 2 is 2.20 bits per heavy atom. The molecule has 1 aliphatic carbocycles. The molecule has 0 aliphatic heterocycles. The summed E-state index contributed by atoms with van der Waals surface area (Å²) in [7, 11) is 0. The van der Waals surface area contributed by atoms with Crippen molar-refractivity contribution in [2.75, 3.05) is 11.9 Å². The molecule has 0 heterocycles. The van der Waals surface area contributed by atoms with Gasteiger partial charge in [0.05, 0.1) is 6.61 Å². The Labute approximate surface area is 116 Å². The number of carbonyl (C=O) groups excluding carboxylic acids is 1. The van der Waals surface area contributed by atoms with Crippen molar-refractivity contribution in [3.8, 4) is 0 Å². The van der Waals surface area contributed by atoms with Crippen LogP contribution in [0.25, 0.3) is 0 Å². The molecule has 0 saturated heterocycles. The predicted molar refractivity (Wildman–Crippen MR) is 71.3 cm³/mol. The lowest BCUT2D eigenvalue weighted by atomic mass is 9.86. The average Bonchev–Trinajstić information content (AvgIpc) is 2.76. The quantitative estimate of drug-likeness (QED) is 0.799. The number of amides is 2. The van der Waals surface area contributed by atoms with Crippen LogP contribution in [-0.4, -0.2) is 23.8 Å². The molecule has 3 N–H and O–H groups in total. The van der Waals surface area contributed by atoms with Crippen LogP contribution in [0.15, 0.2) is 18.2 Å². The molecule has 1 aromatic carbocycles. The fourth-order valence-electron chi connectivity index (χ4n) is 2.57. The maximum atomic E-state index is 13.0. The van der Waals surface area contributed by atoms with Crippen molar-refractivity contribution in [2.45, 2.75) is 32.2 Å². The van der Waals surface area contributed by atoms with Crippen molar-refractivity contribution in [1.82, 2.24) is 5.32 Å². The molecule has 6 heteroatoms. The predicted octanol–water partition coefficient (Wildman–Crippen LogP) is 2.64. The molecular weight excluding hydrogens is 266 g/mol. The van der Waals surface area contributed by atoms with E-state index in [-0.39, 0.29) is 23.8 Å². The summed E-state index contributed by atoms with van der Waals surface area (Å²) < 4.78 is 25.8. The van der Waals surface area contributed by atoms with Crippen molar-refractivity contribution < 1.29 is 18.7 Å². The lowest BCUT2D eigenvalue weighted by molar-refractivity contribution is 0.122. The Bertz CT molecular complexity index is 510. The molecule has 1 aliphatic rings. The van der Waals surface area contributed by atoms with Gasteiger partial charge in [0, 0.05) is 23.2 Å². The first-order chi connectivity index (χ1) is 9.44. The SMILES string of the molecule is CC1(CO)CCCC1NC(=O)Nc1ccc(F)c(F)c1. The Morgan fingerprint density at radius 1 is 1.45 bits per heavy atom. The monoisotopic (exact) mass is 284 g/mol. The number of hydrogen-bond acceptors (Lipinski definition) is 2. The lowest BCUT2D eigenvalue weighted by Crippen LogP contribution is -2.46. The minimum absolute atomic E-state index is 0.00310. The van der Waals surface area contributed by atoms with Crippen LogP contribution in [0.5, 0.6) is 0 Å². The van der Waals surface area contributed by atoms with Crippen molar-refractivity contribution in [3.05, 3.63) is 29.8 Å². The van der Waals surface area contributed by atoms with Gasteiger partial charge in [-0.1, -0.05) is 13.3 Å². The Balaban J connectivity index is 1.97.